The van der Waals surface area contributed by atoms with Crippen molar-refractivity contribution in [3.63, 3.8) is 0 Å². The summed E-state index contributed by atoms with van der Waals surface area (Å²) in [6, 6.07) is 11.3. The van der Waals surface area contributed by atoms with E-state index in [2.05, 4.69) is 31.0 Å². The average molecular weight is 404 g/mol. The fourth-order valence-corrected chi connectivity index (χ4v) is 1.75. The summed E-state index contributed by atoms with van der Waals surface area (Å²) in [5.41, 5.74) is 4.52. The van der Waals surface area contributed by atoms with Gasteiger partial charge in [0.25, 0.3) is 0 Å². The van der Waals surface area contributed by atoms with E-state index in [1.54, 1.807) is 0 Å². The van der Waals surface area contributed by atoms with Crippen LogP contribution in [0.5, 0.6) is 0 Å². The van der Waals surface area contributed by atoms with E-state index >= 15 is 0 Å². The minimum Gasteiger partial charge on any atom is -0.341 e. The average Bonchev–Trinajstić information content (AvgIpc) is 2.66. The molecule has 0 amide bonds. The maximum atomic E-state index is 4.40. The van der Waals surface area contributed by atoms with Crippen molar-refractivity contribution in [2.45, 2.75) is 13.8 Å². The molecule has 0 saturated heterocycles. The van der Waals surface area contributed by atoms with Crippen molar-refractivity contribution in [2.75, 3.05) is 0 Å². The molecule has 1 aromatic heterocycles. The summed E-state index contributed by atoms with van der Waals surface area (Å²) < 4.78 is 1.96. The normalized spacial score (nSPS) is 9.59. The Kier molecular flexibility index (Phi) is 4.85. The van der Waals surface area contributed by atoms with Gasteiger partial charge in [-0.2, -0.15) is 0 Å². The maximum absolute atomic E-state index is 4.40. The topological polar surface area (TPSA) is 17.8 Å². The Labute approximate surface area is 116 Å². The summed E-state index contributed by atoms with van der Waals surface area (Å²) in [6.07, 6.45) is 3.85. The second kappa shape index (κ2) is 5.94. The number of allylic oxidation sites excluding steroid dienone is 1. The van der Waals surface area contributed by atoms with Gasteiger partial charge in [-0.3, -0.25) is 0 Å². The second-order valence-corrected chi connectivity index (χ2v) is 4.08. The Hall–Kier alpha value is -1.18. The number of hydrogen-bond acceptors (Lipinski definition) is 1. The van der Waals surface area contributed by atoms with Crippen LogP contribution in [0.1, 0.15) is 25.1 Å². The van der Waals surface area contributed by atoms with E-state index in [0.717, 1.165) is 11.3 Å². The molecule has 0 spiro atoms. The standard InChI is InChI=1S/C14H15N2.Ir/c1-11(2)14(12-7-5-4-6-8-12)13-9-16(3)10-15-13;/h4-7,9-10H,1-3H3;/q-1;. The van der Waals surface area contributed by atoms with Crippen LogP contribution in [0.25, 0.3) is 5.57 Å². The molecule has 17 heavy (non-hydrogen) atoms. The molecule has 2 nitrogen and oxygen atoms in total. The molecule has 3 heteroatoms. The van der Waals surface area contributed by atoms with Crippen LogP contribution in [0.4, 0.5) is 0 Å². The first kappa shape index (κ1) is 13.9. The molecule has 0 aliphatic rings. The van der Waals surface area contributed by atoms with E-state index in [4.69, 9.17) is 0 Å². The zero-order chi connectivity index (χ0) is 11.5. The summed E-state index contributed by atoms with van der Waals surface area (Å²) in [5.74, 6) is 0. The summed E-state index contributed by atoms with van der Waals surface area (Å²) in [7, 11) is 1.98. The van der Waals surface area contributed by atoms with E-state index in [1.807, 2.05) is 42.3 Å². The number of imidazole rings is 1. The van der Waals surface area contributed by atoms with Gasteiger partial charge in [0.2, 0.25) is 0 Å². The van der Waals surface area contributed by atoms with Gasteiger partial charge >= 0.3 is 0 Å². The van der Waals surface area contributed by atoms with Crippen molar-refractivity contribution in [3.05, 3.63) is 59.7 Å². The summed E-state index contributed by atoms with van der Waals surface area (Å²) in [6.45, 7) is 4.20. The van der Waals surface area contributed by atoms with Crippen LogP contribution >= 0.6 is 0 Å². The summed E-state index contributed by atoms with van der Waals surface area (Å²) in [4.78, 5) is 4.40. The first-order chi connectivity index (χ1) is 7.68. The minimum atomic E-state index is 0. The molecule has 2 aromatic rings. The van der Waals surface area contributed by atoms with Crippen molar-refractivity contribution in [3.8, 4) is 0 Å². The van der Waals surface area contributed by atoms with Crippen molar-refractivity contribution in [1.82, 2.24) is 9.55 Å². The largest absolute Gasteiger partial charge is 0.341 e. The van der Waals surface area contributed by atoms with Gasteiger partial charge in [-0.05, 0) is 0 Å². The van der Waals surface area contributed by atoms with Gasteiger partial charge < -0.3 is 4.57 Å². The van der Waals surface area contributed by atoms with Crippen LogP contribution in [0, 0.1) is 6.07 Å². The Morgan fingerprint density at radius 2 is 2.06 bits per heavy atom. The maximum Gasteiger partial charge on any atom is 0.0940 e. The molecular formula is C14H15IrN2-. The molecule has 0 N–H and O–H groups in total. The van der Waals surface area contributed by atoms with Crippen LogP contribution < -0.4 is 0 Å². The van der Waals surface area contributed by atoms with Gasteiger partial charge in [-0.15, -0.1) is 41.5 Å². The quantitative estimate of drug-likeness (QED) is 0.705. The monoisotopic (exact) mass is 404 g/mol. The van der Waals surface area contributed by atoms with E-state index < -0.39 is 0 Å². The van der Waals surface area contributed by atoms with Gasteiger partial charge in [0.15, 0.2) is 0 Å². The Bertz CT molecular complexity index is 508. The third-order valence-corrected chi connectivity index (χ3v) is 2.44. The van der Waals surface area contributed by atoms with E-state index in [1.165, 1.54) is 11.1 Å². The predicted octanol–water partition coefficient (Wildman–Crippen LogP) is 3.06. The predicted molar refractivity (Wildman–Crippen MR) is 65.9 cm³/mol. The molecule has 0 unspecified atom stereocenters. The van der Waals surface area contributed by atoms with E-state index in [0.29, 0.717) is 0 Å². The molecule has 2 rings (SSSR count). The molecule has 0 saturated carbocycles. The summed E-state index contributed by atoms with van der Waals surface area (Å²) >= 11 is 0. The SMILES string of the molecule is CC(C)=C(c1[c-]cccc1)c1cn(C)cn1.[Ir]. The minimum absolute atomic E-state index is 0. The van der Waals surface area contributed by atoms with Gasteiger partial charge in [0, 0.05) is 39.0 Å². The van der Waals surface area contributed by atoms with Crippen molar-refractivity contribution in [2.24, 2.45) is 7.05 Å². The summed E-state index contributed by atoms with van der Waals surface area (Å²) in [5, 5.41) is 0. The molecule has 0 bridgehead atoms. The van der Waals surface area contributed by atoms with Crippen molar-refractivity contribution < 1.29 is 20.1 Å². The van der Waals surface area contributed by atoms with E-state index in [9.17, 15) is 0 Å². The van der Waals surface area contributed by atoms with Crippen LogP contribution in [0.2, 0.25) is 0 Å². The molecule has 0 aliphatic carbocycles. The molecule has 1 radical (unpaired) electrons. The zero-order valence-electron chi connectivity index (χ0n) is 10.2. The molecular weight excluding hydrogens is 388 g/mol. The smallest absolute Gasteiger partial charge is 0.0940 e. The Morgan fingerprint density at radius 1 is 1.29 bits per heavy atom. The van der Waals surface area contributed by atoms with Crippen LogP contribution in [-0.4, -0.2) is 9.55 Å². The third kappa shape index (κ3) is 3.15. The van der Waals surface area contributed by atoms with E-state index in [-0.39, 0.29) is 20.1 Å². The Balaban J connectivity index is 0.00000144. The first-order valence-corrected chi connectivity index (χ1v) is 5.31. The number of hydrogen-bond donors (Lipinski definition) is 0. The number of nitrogens with zero attached hydrogens (tertiary/aromatic N) is 2. The van der Waals surface area contributed by atoms with Crippen LogP contribution in [0.15, 0.2) is 42.4 Å². The molecule has 0 aliphatic heterocycles. The Morgan fingerprint density at radius 3 is 2.53 bits per heavy atom. The van der Waals surface area contributed by atoms with Gasteiger partial charge in [-0.25, -0.2) is 4.98 Å². The van der Waals surface area contributed by atoms with Crippen molar-refractivity contribution in [1.29, 1.82) is 0 Å². The number of rotatable bonds is 2. The van der Waals surface area contributed by atoms with Crippen LogP contribution in [0.3, 0.4) is 0 Å². The number of benzene rings is 1. The number of aryl methyl sites for hydroxylation is 1. The van der Waals surface area contributed by atoms with Gasteiger partial charge in [0.05, 0.1) is 6.33 Å². The van der Waals surface area contributed by atoms with Crippen molar-refractivity contribution >= 4 is 5.57 Å². The molecule has 91 valence electrons. The van der Waals surface area contributed by atoms with Gasteiger partial charge in [-0.1, -0.05) is 19.4 Å². The number of aromatic nitrogens is 2. The third-order valence-electron chi connectivity index (χ3n) is 2.44. The molecule has 1 aromatic carbocycles. The fraction of sp³-hybridized carbons (Fsp3) is 0.214. The second-order valence-electron chi connectivity index (χ2n) is 4.08. The van der Waals surface area contributed by atoms with Gasteiger partial charge in [0.1, 0.15) is 0 Å². The molecule has 0 atom stereocenters. The molecule has 1 heterocycles. The molecule has 0 fully saturated rings. The first-order valence-electron chi connectivity index (χ1n) is 5.31. The fourth-order valence-electron chi connectivity index (χ4n) is 1.75. The zero-order valence-corrected chi connectivity index (χ0v) is 12.6. The van der Waals surface area contributed by atoms with Crippen LogP contribution in [-0.2, 0) is 27.2 Å².